The van der Waals surface area contributed by atoms with Crippen LogP contribution in [0.5, 0.6) is 5.75 Å². The molecule has 2 aromatic carbocycles. The van der Waals surface area contributed by atoms with E-state index in [0.29, 0.717) is 6.61 Å². The Morgan fingerprint density at radius 3 is 2.57 bits per heavy atom. The first kappa shape index (κ1) is 14.0. The zero-order valence-electron chi connectivity index (χ0n) is 12.9. The van der Waals surface area contributed by atoms with Gasteiger partial charge in [-0.3, -0.25) is 0 Å². The summed E-state index contributed by atoms with van der Waals surface area (Å²) < 4.78 is 5.98. The van der Waals surface area contributed by atoms with Gasteiger partial charge in [0.2, 0.25) is 0 Å². The van der Waals surface area contributed by atoms with Gasteiger partial charge in [0.25, 0.3) is 0 Å². The first-order valence-corrected chi connectivity index (χ1v) is 7.76. The van der Waals surface area contributed by atoms with Crippen molar-refractivity contribution in [3.63, 3.8) is 0 Å². The molecule has 0 amide bonds. The van der Waals surface area contributed by atoms with Gasteiger partial charge in [0.1, 0.15) is 12.4 Å². The summed E-state index contributed by atoms with van der Waals surface area (Å²) in [7, 11) is 0. The highest BCUT2D eigenvalue weighted by Gasteiger charge is 2.12. The maximum absolute atomic E-state index is 5.98. The van der Waals surface area contributed by atoms with Crippen molar-refractivity contribution >= 4 is 5.69 Å². The van der Waals surface area contributed by atoms with E-state index in [-0.39, 0.29) is 0 Å². The Bertz CT molecular complexity index is 615. The van der Waals surface area contributed by atoms with E-state index >= 15 is 0 Å². The minimum atomic E-state index is 0.631. The van der Waals surface area contributed by atoms with Crippen molar-refractivity contribution in [2.24, 2.45) is 0 Å². The fraction of sp³-hybridized carbons (Fsp3) is 0.368. The second kappa shape index (κ2) is 6.21. The van der Waals surface area contributed by atoms with Crippen LogP contribution in [0.2, 0.25) is 0 Å². The number of ether oxygens (including phenoxy) is 1. The van der Waals surface area contributed by atoms with Crippen LogP contribution in [0.4, 0.5) is 5.69 Å². The van der Waals surface area contributed by atoms with Gasteiger partial charge in [0.15, 0.2) is 0 Å². The lowest BCUT2D eigenvalue weighted by Crippen LogP contribution is -2.17. The Morgan fingerprint density at radius 2 is 1.81 bits per heavy atom. The number of hydrogen-bond donors (Lipinski definition) is 0. The topological polar surface area (TPSA) is 12.5 Å². The highest BCUT2D eigenvalue weighted by molar-refractivity contribution is 5.49. The van der Waals surface area contributed by atoms with E-state index in [0.717, 1.165) is 5.75 Å². The van der Waals surface area contributed by atoms with E-state index in [2.05, 4.69) is 61.2 Å². The molecule has 110 valence electrons. The molecule has 3 rings (SSSR count). The predicted molar refractivity (Wildman–Crippen MR) is 88.1 cm³/mol. The van der Waals surface area contributed by atoms with Crippen molar-refractivity contribution in [3.05, 3.63) is 59.2 Å². The molecule has 1 saturated heterocycles. The largest absolute Gasteiger partial charge is 0.489 e. The highest BCUT2D eigenvalue weighted by Crippen LogP contribution is 2.23. The zero-order valence-corrected chi connectivity index (χ0v) is 12.9. The van der Waals surface area contributed by atoms with Crippen LogP contribution in [0.25, 0.3) is 0 Å². The van der Waals surface area contributed by atoms with Gasteiger partial charge in [-0.1, -0.05) is 29.8 Å². The molecule has 1 heterocycles. The summed E-state index contributed by atoms with van der Waals surface area (Å²) in [4.78, 5) is 2.46. The lowest BCUT2D eigenvalue weighted by molar-refractivity contribution is 0.304. The van der Waals surface area contributed by atoms with E-state index in [1.165, 1.54) is 48.3 Å². The van der Waals surface area contributed by atoms with E-state index in [1.54, 1.807) is 0 Å². The summed E-state index contributed by atoms with van der Waals surface area (Å²) in [5, 5.41) is 0. The van der Waals surface area contributed by atoms with Gasteiger partial charge in [0, 0.05) is 18.8 Å². The number of benzene rings is 2. The van der Waals surface area contributed by atoms with Crippen LogP contribution in [0, 0.1) is 13.8 Å². The van der Waals surface area contributed by atoms with E-state index in [4.69, 9.17) is 4.74 Å². The van der Waals surface area contributed by atoms with Crippen molar-refractivity contribution in [2.75, 3.05) is 18.0 Å². The van der Waals surface area contributed by atoms with Crippen LogP contribution in [0.3, 0.4) is 0 Å². The van der Waals surface area contributed by atoms with E-state index < -0.39 is 0 Å². The molecule has 0 bridgehead atoms. The van der Waals surface area contributed by atoms with Crippen molar-refractivity contribution in [3.8, 4) is 5.75 Å². The molecule has 0 atom stereocenters. The molecular weight excluding hydrogens is 258 g/mol. The Balaban J connectivity index is 1.68. The summed E-state index contributed by atoms with van der Waals surface area (Å²) in [5.41, 5.74) is 5.04. The number of rotatable bonds is 4. The number of anilines is 1. The van der Waals surface area contributed by atoms with Crippen LogP contribution in [0.15, 0.2) is 42.5 Å². The molecule has 21 heavy (non-hydrogen) atoms. The van der Waals surface area contributed by atoms with Crippen molar-refractivity contribution < 1.29 is 4.74 Å². The molecule has 1 fully saturated rings. The molecule has 0 aliphatic carbocycles. The molecule has 0 aromatic heterocycles. The van der Waals surface area contributed by atoms with Crippen molar-refractivity contribution in [1.29, 1.82) is 0 Å². The zero-order chi connectivity index (χ0) is 14.7. The second-order valence-electron chi connectivity index (χ2n) is 5.92. The van der Waals surface area contributed by atoms with Gasteiger partial charge in [-0.25, -0.2) is 0 Å². The van der Waals surface area contributed by atoms with Gasteiger partial charge >= 0.3 is 0 Å². The monoisotopic (exact) mass is 281 g/mol. The Kier molecular flexibility index (Phi) is 4.14. The molecule has 0 saturated carbocycles. The number of hydrogen-bond acceptors (Lipinski definition) is 2. The van der Waals surface area contributed by atoms with Crippen molar-refractivity contribution in [2.45, 2.75) is 33.3 Å². The Labute approximate surface area is 127 Å². The SMILES string of the molecule is Cc1ccc(OCc2cccc(N3CCCC3)c2)c(C)c1. The molecule has 1 aliphatic heterocycles. The van der Waals surface area contributed by atoms with Gasteiger partial charge in [-0.05, 0) is 56.0 Å². The summed E-state index contributed by atoms with van der Waals surface area (Å²) in [6.07, 6.45) is 2.62. The summed E-state index contributed by atoms with van der Waals surface area (Å²) in [6.45, 7) is 7.20. The third-order valence-electron chi connectivity index (χ3n) is 4.11. The molecule has 2 aromatic rings. The second-order valence-corrected chi connectivity index (χ2v) is 5.92. The van der Waals surface area contributed by atoms with Gasteiger partial charge in [0.05, 0.1) is 0 Å². The molecule has 0 unspecified atom stereocenters. The number of aryl methyl sites for hydroxylation is 2. The minimum Gasteiger partial charge on any atom is -0.489 e. The maximum Gasteiger partial charge on any atom is 0.122 e. The van der Waals surface area contributed by atoms with Crippen LogP contribution < -0.4 is 9.64 Å². The Hall–Kier alpha value is -1.96. The Morgan fingerprint density at radius 1 is 1.00 bits per heavy atom. The standard InChI is InChI=1S/C19H23NO/c1-15-8-9-19(16(2)12-15)21-14-17-6-5-7-18(13-17)20-10-3-4-11-20/h5-9,12-13H,3-4,10-11,14H2,1-2H3. The predicted octanol–water partition coefficient (Wildman–Crippen LogP) is 4.48. The van der Waals surface area contributed by atoms with E-state index in [1.807, 2.05) is 0 Å². The van der Waals surface area contributed by atoms with Gasteiger partial charge < -0.3 is 9.64 Å². The average molecular weight is 281 g/mol. The normalized spacial score (nSPS) is 14.5. The fourth-order valence-electron chi connectivity index (χ4n) is 2.94. The van der Waals surface area contributed by atoms with Crippen molar-refractivity contribution in [1.82, 2.24) is 0 Å². The molecule has 2 heteroatoms. The third-order valence-corrected chi connectivity index (χ3v) is 4.11. The van der Waals surface area contributed by atoms with E-state index in [9.17, 15) is 0 Å². The highest BCUT2D eigenvalue weighted by atomic mass is 16.5. The van der Waals surface area contributed by atoms with Gasteiger partial charge in [-0.2, -0.15) is 0 Å². The first-order chi connectivity index (χ1) is 10.2. The molecule has 1 aliphatic rings. The fourth-order valence-corrected chi connectivity index (χ4v) is 2.94. The smallest absolute Gasteiger partial charge is 0.122 e. The van der Waals surface area contributed by atoms with Crippen LogP contribution >= 0.6 is 0 Å². The van der Waals surface area contributed by atoms with Crippen LogP contribution in [0.1, 0.15) is 29.5 Å². The first-order valence-electron chi connectivity index (χ1n) is 7.76. The summed E-state index contributed by atoms with van der Waals surface area (Å²) >= 11 is 0. The van der Waals surface area contributed by atoms with Crippen LogP contribution in [-0.2, 0) is 6.61 Å². The lowest BCUT2D eigenvalue weighted by Gasteiger charge is -2.18. The number of nitrogens with zero attached hydrogens (tertiary/aromatic N) is 1. The maximum atomic E-state index is 5.98. The summed E-state index contributed by atoms with van der Waals surface area (Å²) in [5.74, 6) is 0.979. The molecule has 0 radical (unpaired) electrons. The molecular formula is C19H23NO. The minimum absolute atomic E-state index is 0.631. The van der Waals surface area contributed by atoms with Gasteiger partial charge in [-0.15, -0.1) is 0 Å². The average Bonchev–Trinajstić information content (AvgIpc) is 3.01. The third kappa shape index (κ3) is 3.38. The molecule has 2 nitrogen and oxygen atoms in total. The lowest BCUT2D eigenvalue weighted by atomic mass is 10.1. The molecule has 0 spiro atoms. The summed E-state index contributed by atoms with van der Waals surface area (Å²) in [6, 6.07) is 15.1. The molecule has 0 N–H and O–H groups in total. The quantitative estimate of drug-likeness (QED) is 0.819. The van der Waals surface area contributed by atoms with Crippen LogP contribution in [-0.4, -0.2) is 13.1 Å².